The Labute approximate surface area is 286 Å². The van der Waals surface area contributed by atoms with Crippen LogP contribution in [0.15, 0.2) is 54.6 Å². The van der Waals surface area contributed by atoms with Gasteiger partial charge in [-0.25, -0.2) is 4.79 Å². The predicted molar refractivity (Wildman–Crippen MR) is 174 cm³/mol. The Morgan fingerprint density at radius 3 is 1.92 bits per heavy atom. The van der Waals surface area contributed by atoms with Gasteiger partial charge in [-0.15, -0.1) is 0 Å². The molecule has 2 aliphatic heterocycles. The minimum atomic E-state index is -1.66. The van der Waals surface area contributed by atoms with Crippen LogP contribution in [0.25, 0.3) is 0 Å². The summed E-state index contributed by atoms with van der Waals surface area (Å²) < 4.78 is 36.0. The van der Waals surface area contributed by atoms with Gasteiger partial charge in [0.15, 0.2) is 24.1 Å². The van der Waals surface area contributed by atoms with Crippen molar-refractivity contribution in [2.75, 3.05) is 0 Å². The molecule has 4 aliphatic rings. The zero-order valence-electron chi connectivity index (χ0n) is 29.5. The van der Waals surface area contributed by atoms with Gasteiger partial charge in [0.25, 0.3) is 0 Å². The molecule has 1 spiro atoms. The molecule has 1 aromatic rings. The van der Waals surface area contributed by atoms with Crippen molar-refractivity contribution in [3.05, 3.63) is 60.2 Å². The van der Waals surface area contributed by atoms with E-state index in [2.05, 4.69) is 6.58 Å². The Balaban J connectivity index is 2.05. The van der Waals surface area contributed by atoms with Crippen molar-refractivity contribution >= 4 is 35.6 Å². The summed E-state index contributed by atoms with van der Waals surface area (Å²) in [5.74, 6) is -6.96. The van der Waals surface area contributed by atoms with Crippen LogP contribution >= 0.6 is 0 Å². The minimum Gasteiger partial charge on any atom is -0.459 e. The van der Waals surface area contributed by atoms with Crippen LogP contribution in [-0.4, -0.2) is 77.4 Å². The van der Waals surface area contributed by atoms with E-state index in [-0.39, 0.29) is 17.6 Å². The Morgan fingerprint density at radius 2 is 1.39 bits per heavy atom. The molecule has 0 N–H and O–H groups in total. The Kier molecular flexibility index (Phi) is 10.6. The number of carbonyl (C=O) groups excluding carboxylic acids is 6. The van der Waals surface area contributed by atoms with Gasteiger partial charge in [-0.2, -0.15) is 0 Å². The highest BCUT2D eigenvalue weighted by atomic mass is 16.6. The number of benzene rings is 1. The van der Waals surface area contributed by atoms with Gasteiger partial charge in [-0.1, -0.05) is 71.5 Å². The summed E-state index contributed by atoms with van der Waals surface area (Å²) >= 11 is 0. The third kappa shape index (κ3) is 7.34. The molecule has 5 rings (SSSR count). The topological polar surface area (TPSA) is 158 Å². The third-order valence-electron chi connectivity index (χ3n) is 9.46. The van der Waals surface area contributed by atoms with E-state index in [1.165, 1.54) is 26.0 Å². The van der Waals surface area contributed by atoms with Crippen molar-refractivity contribution in [2.45, 2.75) is 110 Å². The van der Waals surface area contributed by atoms with Gasteiger partial charge in [-0.3, -0.25) is 24.0 Å². The number of hydrogen-bond donors (Lipinski definition) is 0. The summed E-state index contributed by atoms with van der Waals surface area (Å²) in [5, 5.41) is 0. The van der Waals surface area contributed by atoms with Crippen molar-refractivity contribution in [1.82, 2.24) is 0 Å². The highest BCUT2D eigenvalue weighted by molar-refractivity contribution is 5.95. The van der Waals surface area contributed by atoms with E-state index in [0.29, 0.717) is 0 Å². The van der Waals surface area contributed by atoms with E-state index in [1.807, 2.05) is 0 Å². The first-order chi connectivity index (χ1) is 22.7. The van der Waals surface area contributed by atoms with Gasteiger partial charge in [0.2, 0.25) is 0 Å². The number of ether oxygens (including phenoxy) is 6. The lowest BCUT2D eigenvalue weighted by Crippen LogP contribution is -2.79. The Hall–Kier alpha value is -4.32. The molecule has 9 atom stereocenters. The van der Waals surface area contributed by atoms with Crippen LogP contribution < -0.4 is 0 Å². The molecule has 49 heavy (non-hydrogen) atoms. The molecule has 266 valence electrons. The van der Waals surface area contributed by atoms with Gasteiger partial charge >= 0.3 is 29.8 Å². The lowest BCUT2D eigenvalue weighted by Gasteiger charge is -2.65. The van der Waals surface area contributed by atoms with Crippen LogP contribution in [0.5, 0.6) is 0 Å². The summed E-state index contributed by atoms with van der Waals surface area (Å²) in [5.41, 5.74) is -3.73. The van der Waals surface area contributed by atoms with Gasteiger partial charge in [-0.05, 0) is 19.1 Å². The normalized spacial score (nSPS) is 34.2. The molecule has 0 amide bonds. The highest BCUT2D eigenvalue weighted by Gasteiger charge is 2.74. The quantitative estimate of drug-likeness (QED) is 0.226. The van der Waals surface area contributed by atoms with E-state index in [9.17, 15) is 28.8 Å². The van der Waals surface area contributed by atoms with E-state index in [4.69, 9.17) is 28.4 Å². The summed E-state index contributed by atoms with van der Waals surface area (Å²) in [6.45, 7) is 17.9. The maximum atomic E-state index is 14.8. The second kappa shape index (κ2) is 13.9. The summed E-state index contributed by atoms with van der Waals surface area (Å²) in [6, 6.07) is 7.96. The molecule has 2 aliphatic carbocycles. The molecule has 2 heterocycles. The molecule has 3 bridgehead atoms. The number of Topliss-reactive ketones (excluding diaryl/α,β-unsaturated/α-hetero) is 1. The van der Waals surface area contributed by atoms with Crippen LogP contribution in [0.4, 0.5) is 0 Å². The van der Waals surface area contributed by atoms with Gasteiger partial charge < -0.3 is 28.4 Å². The number of esters is 5. The summed E-state index contributed by atoms with van der Waals surface area (Å²) in [4.78, 5) is 79.8. The van der Waals surface area contributed by atoms with Crippen molar-refractivity contribution in [3.63, 3.8) is 0 Å². The van der Waals surface area contributed by atoms with Gasteiger partial charge in [0, 0.05) is 44.1 Å². The number of hydrogen-bond acceptors (Lipinski definition) is 12. The lowest BCUT2D eigenvalue weighted by molar-refractivity contribution is -0.331. The van der Waals surface area contributed by atoms with E-state index >= 15 is 0 Å². The third-order valence-corrected chi connectivity index (χ3v) is 9.46. The second-order valence-corrected chi connectivity index (χ2v) is 14.3. The van der Waals surface area contributed by atoms with Crippen LogP contribution in [-0.2, 0) is 52.4 Å². The summed E-state index contributed by atoms with van der Waals surface area (Å²) in [7, 11) is 0. The van der Waals surface area contributed by atoms with Gasteiger partial charge in [0.05, 0.1) is 11.5 Å². The fourth-order valence-corrected chi connectivity index (χ4v) is 7.03. The fourth-order valence-electron chi connectivity index (χ4n) is 7.03. The minimum absolute atomic E-state index is 0.128. The molecular weight excluding hydrogens is 636 g/mol. The first kappa shape index (κ1) is 37.5. The highest BCUT2D eigenvalue weighted by Crippen LogP contribution is 2.58. The predicted octanol–water partition coefficient (Wildman–Crippen LogP) is 4.48. The Morgan fingerprint density at radius 1 is 0.837 bits per heavy atom. The monoisotopic (exact) mass is 682 g/mol. The average molecular weight is 683 g/mol. The second-order valence-electron chi connectivity index (χ2n) is 14.3. The van der Waals surface area contributed by atoms with Crippen molar-refractivity contribution in [3.8, 4) is 0 Å². The molecule has 3 fully saturated rings. The molecule has 1 aromatic carbocycles. The smallest absolute Gasteiger partial charge is 0.338 e. The maximum absolute atomic E-state index is 14.8. The number of rotatable bonds is 7. The lowest BCUT2D eigenvalue weighted by atomic mass is 9.56. The molecule has 0 aromatic heterocycles. The Bertz CT molecular complexity index is 1530. The molecule has 12 nitrogen and oxygen atoms in total. The molecule has 1 saturated carbocycles. The fraction of sp³-hybridized carbons (Fsp3) is 0.568. The van der Waals surface area contributed by atoms with E-state index < -0.39 is 101 Å². The van der Waals surface area contributed by atoms with Crippen LogP contribution in [0.3, 0.4) is 0 Å². The van der Waals surface area contributed by atoms with Crippen molar-refractivity contribution in [1.29, 1.82) is 0 Å². The van der Waals surface area contributed by atoms with E-state index in [1.54, 1.807) is 71.9 Å². The summed E-state index contributed by atoms with van der Waals surface area (Å²) in [6.07, 6.45) is -3.69. The van der Waals surface area contributed by atoms with E-state index in [0.717, 1.165) is 6.92 Å². The first-order valence-electron chi connectivity index (χ1n) is 16.3. The van der Waals surface area contributed by atoms with Crippen LogP contribution in [0, 0.1) is 23.2 Å². The van der Waals surface area contributed by atoms with Gasteiger partial charge in [0.1, 0.15) is 29.3 Å². The van der Waals surface area contributed by atoms with Crippen LogP contribution in [0.2, 0.25) is 0 Å². The van der Waals surface area contributed by atoms with Crippen LogP contribution in [0.1, 0.15) is 79.1 Å². The largest absolute Gasteiger partial charge is 0.459 e. The molecular formula is C37H46O12. The van der Waals surface area contributed by atoms with Crippen molar-refractivity contribution < 1.29 is 57.2 Å². The SMILES string of the molecule is C=C1[C@H](OC(=O)C(C)C)C2C(=O)[C@@]3(C[C@@](C)(O3)[C@@H]2OC(C)=O)[C@@H](C)/C=C/C(C)(C)[C@H](OC(C)=O)[C@H](OC(C)=O)[C@H]1OC(=O)c1ccccc1. The zero-order valence-corrected chi connectivity index (χ0v) is 29.5. The standard InChI is InChI=1S/C37H46O12/c1-19(2)33(42)47-27-21(4)28(48-34(43)25-14-12-11-13-15-25)29(44-22(5)38)32(46-24(7)40)35(8,9)17-16-20(3)37-18-36(10,49-37)31(45-23(6)39)26(27)30(37)41/h11-17,19-20,26-29,31-32H,4,18H2,1-3,5-10H3/b17-16+/t20-,26?,27-,28-,29+,31+,32+,36+,37+/m0/s1. The van der Waals surface area contributed by atoms with Crippen molar-refractivity contribution in [2.24, 2.45) is 23.2 Å². The maximum Gasteiger partial charge on any atom is 0.338 e. The molecule has 1 unspecified atom stereocenters. The molecule has 12 heteroatoms. The molecule has 2 saturated heterocycles. The number of carbonyl (C=O) groups is 6. The number of ketones is 1. The first-order valence-corrected chi connectivity index (χ1v) is 16.3. The zero-order chi connectivity index (χ0) is 36.6. The average Bonchev–Trinajstić information content (AvgIpc) is 2.99. The molecule has 0 radical (unpaired) electrons.